The average Bonchev–Trinajstić information content (AvgIpc) is 2.97. The molecule has 0 aliphatic heterocycles. The van der Waals surface area contributed by atoms with E-state index in [0.717, 1.165) is 34.7 Å². The van der Waals surface area contributed by atoms with Gasteiger partial charge in [-0.2, -0.15) is 0 Å². The second-order valence-electron chi connectivity index (χ2n) is 5.08. The molecule has 4 heteroatoms. The third-order valence-corrected chi connectivity index (χ3v) is 4.32. The van der Waals surface area contributed by atoms with Gasteiger partial charge in [-0.05, 0) is 19.8 Å². The summed E-state index contributed by atoms with van der Waals surface area (Å²) in [4.78, 5) is 28.0. The summed E-state index contributed by atoms with van der Waals surface area (Å²) in [6.07, 6.45) is 5.47. The molecule has 0 unspecified atom stereocenters. The SMILES string of the molecule is CC(=O)CCCCCC(=O)c1cnc(-c2ccccc2)s1. The normalized spacial score (nSPS) is 10.5. The zero-order valence-electron chi connectivity index (χ0n) is 12.2. The molecule has 0 bridgehead atoms. The molecule has 110 valence electrons. The van der Waals surface area contributed by atoms with Crippen LogP contribution in [0.3, 0.4) is 0 Å². The third-order valence-electron chi connectivity index (χ3n) is 3.23. The quantitative estimate of drug-likeness (QED) is 0.531. The number of hydrogen-bond acceptors (Lipinski definition) is 4. The van der Waals surface area contributed by atoms with E-state index in [1.807, 2.05) is 30.3 Å². The number of carbonyl (C=O) groups excluding carboxylic acids is 2. The van der Waals surface area contributed by atoms with E-state index in [9.17, 15) is 9.59 Å². The van der Waals surface area contributed by atoms with Crippen LogP contribution in [0.4, 0.5) is 0 Å². The second-order valence-corrected chi connectivity index (χ2v) is 6.11. The molecule has 0 spiro atoms. The number of Topliss-reactive ketones (excluding diaryl/α,β-unsaturated/α-hetero) is 2. The molecule has 0 amide bonds. The van der Waals surface area contributed by atoms with Crippen molar-refractivity contribution in [2.75, 3.05) is 0 Å². The lowest BCUT2D eigenvalue weighted by Crippen LogP contribution is -1.96. The fourth-order valence-electron chi connectivity index (χ4n) is 2.08. The number of unbranched alkanes of at least 4 members (excludes halogenated alkanes) is 2. The highest BCUT2D eigenvalue weighted by Crippen LogP contribution is 2.26. The monoisotopic (exact) mass is 301 g/mol. The molecule has 0 fully saturated rings. The summed E-state index contributed by atoms with van der Waals surface area (Å²) in [5.41, 5.74) is 1.04. The lowest BCUT2D eigenvalue weighted by atomic mass is 10.1. The Kier molecular flexibility index (Phi) is 5.81. The Hall–Kier alpha value is -1.81. The van der Waals surface area contributed by atoms with Gasteiger partial charge in [0.15, 0.2) is 5.78 Å². The highest BCUT2D eigenvalue weighted by molar-refractivity contribution is 7.16. The number of ketones is 2. The first-order valence-corrected chi connectivity index (χ1v) is 8.02. The first-order valence-electron chi connectivity index (χ1n) is 7.20. The van der Waals surface area contributed by atoms with Crippen molar-refractivity contribution in [3.05, 3.63) is 41.4 Å². The second kappa shape index (κ2) is 7.84. The van der Waals surface area contributed by atoms with Crippen LogP contribution in [0.5, 0.6) is 0 Å². The van der Waals surface area contributed by atoms with E-state index in [2.05, 4.69) is 4.98 Å². The van der Waals surface area contributed by atoms with E-state index in [0.29, 0.717) is 12.8 Å². The zero-order valence-corrected chi connectivity index (χ0v) is 13.0. The summed E-state index contributed by atoms with van der Waals surface area (Å²) in [6.45, 7) is 1.60. The Bertz CT molecular complexity index is 604. The van der Waals surface area contributed by atoms with Gasteiger partial charge in [0.05, 0.1) is 4.88 Å². The summed E-state index contributed by atoms with van der Waals surface area (Å²) in [5, 5.41) is 0.885. The molecule has 0 saturated carbocycles. The molecule has 2 aromatic rings. The summed E-state index contributed by atoms with van der Waals surface area (Å²) in [5.74, 6) is 0.369. The molecule has 0 aliphatic rings. The number of hydrogen-bond donors (Lipinski definition) is 0. The van der Waals surface area contributed by atoms with Crippen molar-refractivity contribution in [1.82, 2.24) is 4.98 Å². The molecule has 2 rings (SSSR count). The van der Waals surface area contributed by atoms with E-state index < -0.39 is 0 Å². The summed E-state index contributed by atoms with van der Waals surface area (Å²) >= 11 is 1.45. The van der Waals surface area contributed by atoms with Gasteiger partial charge in [0.2, 0.25) is 0 Å². The van der Waals surface area contributed by atoms with E-state index in [-0.39, 0.29) is 11.6 Å². The van der Waals surface area contributed by atoms with Gasteiger partial charge in [-0.15, -0.1) is 11.3 Å². The van der Waals surface area contributed by atoms with Gasteiger partial charge in [-0.1, -0.05) is 36.8 Å². The number of carbonyl (C=O) groups is 2. The van der Waals surface area contributed by atoms with E-state index in [1.165, 1.54) is 11.3 Å². The lowest BCUT2D eigenvalue weighted by molar-refractivity contribution is -0.117. The van der Waals surface area contributed by atoms with Gasteiger partial charge in [0, 0.05) is 24.6 Å². The van der Waals surface area contributed by atoms with Crippen molar-refractivity contribution in [2.45, 2.75) is 39.0 Å². The maximum Gasteiger partial charge on any atom is 0.174 e. The zero-order chi connectivity index (χ0) is 15.1. The van der Waals surface area contributed by atoms with Gasteiger partial charge in [-0.3, -0.25) is 4.79 Å². The third kappa shape index (κ3) is 4.90. The Morgan fingerprint density at radius 3 is 2.48 bits per heavy atom. The minimum atomic E-state index is 0.150. The highest BCUT2D eigenvalue weighted by atomic mass is 32.1. The lowest BCUT2D eigenvalue weighted by Gasteiger charge is -1.98. The topological polar surface area (TPSA) is 47.0 Å². The minimum Gasteiger partial charge on any atom is -0.300 e. The molecule has 1 aromatic carbocycles. The van der Waals surface area contributed by atoms with Crippen molar-refractivity contribution >= 4 is 22.9 Å². The Labute approximate surface area is 129 Å². The largest absolute Gasteiger partial charge is 0.300 e. The number of thiazole rings is 1. The van der Waals surface area contributed by atoms with Crippen molar-refractivity contribution in [3.8, 4) is 10.6 Å². The number of rotatable bonds is 8. The summed E-state index contributed by atoms with van der Waals surface area (Å²) < 4.78 is 0. The predicted octanol–water partition coefficient (Wildman–Crippen LogP) is 4.53. The smallest absolute Gasteiger partial charge is 0.174 e. The van der Waals surface area contributed by atoms with Crippen LogP contribution >= 0.6 is 11.3 Å². The molecule has 21 heavy (non-hydrogen) atoms. The predicted molar refractivity (Wildman–Crippen MR) is 85.6 cm³/mol. The molecule has 1 heterocycles. The highest BCUT2D eigenvalue weighted by Gasteiger charge is 2.11. The maximum atomic E-state index is 12.1. The number of nitrogens with zero attached hydrogens (tertiary/aromatic N) is 1. The molecule has 1 aromatic heterocycles. The van der Waals surface area contributed by atoms with Gasteiger partial charge < -0.3 is 4.79 Å². The summed E-state index contributed by atoms with van der Waals surface area (Å²) in [6, 6.07) is 9.88. The standard InChI is InChI=1S/C17H19NO2S/c1-13(19)8-4-2-7-11-15(20)16-12-18-17(21-16)14-9-5-3-6-10-14/h3,5-6,9-10,12H,2,4,7-8,11H2,1H3. The average molecular weight is 301 g/mol. The minimum absolute atomic E-state index is 0.150. The molecule has 0 saturated heterocycles. The van der Waals surface area contributed by atoms with Crippen LogP contribution in [0.25, 0.3) is 10.6 Å². The Morgan fingerprint density at radius 1 is 1.05 bits per heavy atom. The van der Waals surface area contributed by atoms with Crippen LogP contribution in [-0.2, 0) is 4.79 Å². The van der Waals surface area contributed by atoms with Crippen LogP contribution in [0.15, 0.2) is 36.5 Å². The van der Waals surface area contributed by atoms with Crippen LogP contribution in [0.2, 0.25) is 0 Å². The molecule has 3 nitrogen and oxygen atoms in total. The van der Waals surface area contributed by atoms with Crippen LogP contribution in [-0.4, -0.2) is 16.6 Å². The van der Waals surface area contributed by atoms with Crippen LogP contribution < -0.4 is 0 Å². The Balaban J connectivity index is 1.84. The van der Waals surface area contributed by atoms with E-state index in [4.69, 9.17) is 0 Å². The molecular formula is C17H19NO2S. The van der Waals surface area contributed by atoms with Gasteiger partial charge in [0.25, 0.3) is 0 Å². The molecule has 0 aliphatic carbocycles. The van der Waals surface area contributed by atoms with Crippen molar-refractivity contribution < 1.29 is 9.59 Å². The number of aromatic nitrogens is 1. The maximum absolute atomic E-state index is 12.1. The van der Waals surface area contributed by atoms with Gasteiger partial charge in [-0.25, -0.2) is 4.98 Å². The first kappa shape index (κ1) is 15.6. The fraction of sp³-hybridized carbons (Fsp3) is 0.353. The molecule has 0 N–H and O–H groups in total. The molecule has 0 radical (unpaired) electrons. The summed E-state index contributed by atoms with van der Waals surface area (Å²) in [7, 11) is 0. The number of benzene rings is 1. The van der Waals surface area contributed by atoms with Crippen molar-refractivity contribution in [1.29, 1.82) is 0 Å². The van der Waals surface area contributed by atoms with Crippen molar-refractivity contribution in [3.63, 3.8) is 0 Å². The fourth-order valence-corrected chi connectivity index (χ4v) is 2.97. The van der Waals surface area contributed by atoms with E-state index >= 15 is 0 Å². The van der Waals surface area contributed by atoms with E-state index in [1.54, 1.807) is 13.1 Å². The Morgan fingerprint density at radius 2 is 1.76 bits per heavy atom. The van der Waals surface area contributed by atoms with Crippen LogP contribution in [0, 0.1) is 0 Å². The molecule has 0 atom stereocenters. The van der Waals surface area contributed by atoms with Crippen molar-refractivity contribution in [2.24, 2.45) is 0 Å². The first-order chi connectivity index (χ1) is 10.2. The van der Waals surface area contributed by atoms with Crippen LogP contribution in [0.1, 0.15) is 48.7 Å². The van der Waals surface area contributed by atoms with Gasteiger partial charge >= 0.3 is 0 Å². The molecular weight excluding hydrogens is 282 g/mol. The van der Waals surface area contributed by atoms with Gasteiger partial charge in [0.1, 0.15) is 10.8 Å².